The van der Waals surface area contributed by atoms with Crippen LogP contribution in [-0.4, -0.2) is 64.0 Å². The summed E-state index contributed by atoms with van der Waals surface area (Å²) in [4.78, 5) is 9.08. The van der Waals surface area contributed by atoms with Crippen LogP contribution in [0.25, 0.3) is 11.4 Å². The van der Waals surface area contributed by atoms with Gasteiger partial charge in [-0.15, -0.1) is 0 Å². The van der Waals surface area contributed by atoms with Gasteiger partial charge in [-0.3, -0.25) is 14.6 Å². The van der Waals surface area contributed by atoms with E-state index in [1.807, 2.05) is 10.7 Å². The molecule has 2 aromatic rings. The highest BCUT2D eigenvalue weighted by Gasteiger charge is 2.33. The second-order valence-corrected chi connectivity index (χ2v) is 9.26. The highest BCUT2D eigenvalue weighted by Crippen LogP contribution is 2.28. The summed E-state index contributed by atoms with van der Waals surface area (Å²) in [7, 11) is -0.225. The molecule has 0 N–H and O–H groups in total. The zero-order valence-electron chi connectivity index (χ0n) is 15.7. The van der Waals surface area contributed by atoms with E-state index >= 15 is 0 Å². The zero-order valence-corrected chi connectivity index (χ0v) is 16.5. The minimum absolute atomic E-state index is 0.224. The van der Waals surface area contributed by atoms with Crippen molar-refractivity contribution in [3.8, 4) is 11.4 Å². The lowest BCUT2D eigenvalue weighted by molar-refractivity contribution is 0.409. The average molecular weight is 379 g/mol. The molecule has 0 radical (unpaired) electrons. The minimum atomic E-state index is -3.36. The van der Waals surface area contributed by atoms with Crippen LogP contribution in [0.2, 0.25) is 0 Å². The molecule has 1 saturated heterocycles. The van der Waals surface area contributed by atoms with Crippen LogP contribution in [0.15, 0.2) is 24.7 Å². The molecular weight excluding hydrogens is 352 g/mol. The SMILES string of the molecule is CC(C)n1nccc1-c1nccnc1C[C@@H]1CCN(S(=O)(=O)N(C)C)C1. The Morgan fingerprint density at radius 2 is 1.96 bits per heavy atom. The van der Waals surface area contributed by atoms with Crippen LogP contribution in [0, 0.1) is 5.92 Å². The first-order valence-corrected chi connectivity index (χ1v) is 10.2. The van der Waals surface area contributed by atoms with Crippen LogP contribution in [0.5, 0.6) is 0 Å². The Labute approximate surface area is 155 Å². The molecule has 1 aliphatic rings. The number of hydrogen-bond donors (Lipinski definition) is 0. The van der Waals surface area contributed by atoms with Gasteiger partial charge in [0.2, 0.25) is 0 Å². The number of rotatable bonds is 6. The molecule has 9 heteroatoms. The fourth-order valence-electron chi connectivity index (χ4n) is 3.32. The second-order valence-electron chi connectivity index (χ2n) is 7.11. The van der Waals surface area contributed by atoms with Crippen molar-refractivity contribution in [2.75, 3.05) is 27.2 Å². The van der Waals surface area contributed by atoms with E-state index in [0.717, 1.165) is 23.5 Å². The van der Waals surface area contributed by atoms with E-state index in [9.17, 15) is 8.42 Å². The summed E-state index contributed by atoms with van der Waals surface area (Å²) in [6.45, 7) is 5.21. The van der Waals surface area contributed by atoms with Crippen LogP contribution in [-0.2, 0) is 16.6 Å². The lowest BCUT2D eigenvalue weighted by Gasteiger charge is -2.21. The van der Waals surface area contributed by atoms with E-state index in [1.165, 1.54) is 4.31 Å². The molecule has 0 spiro atoms. The molecule has 0 amide bonds. The molecule has 0 aliphatic carbocycles. The maximum Gasteiger partial charge on any atom is 0.281 e. The monoisotopic (exact) mass is 378 g/mol. The van der Waals surface area contributed by atoms with Gasteiger partial charge >= 0.3 is 0 Å². The number of aromatic nitrogens is 4. The molecule has 26 heavy (non-hydrogen) atoms. The molecular formula is C17H26N6O2S. The molecule has 3 rings (SSSR count). The van der Waals surface area contributed by atoms with E-state index < -0.39 is 10.2 Å². The summed E-state index contributed by atoms with van der Waals surface area (Å²) in [5, 5.41) is 4.38. The van der Waals surface area contributed by atoms with Gasteiger partial charge in [-0.2, -0.15) is 22.1 Å². The van der Waals surface area contributed by atoms with Crippen molar-refractivity contribution >= 4 is 10.2 Å². The molecule has 0 aromatic carbocycles. The molecule has 0 saturated carbocycles. The van der Waals surface area contributed by atoms with Gasteiger partial charge in [0.25, 0.3) is 10.2 Å². The zero-order chi connectivity index (χ0) is 18.9. The van der Waals surface area contributed by atoms with E-state index in [-0.39, 0.29) is 12.0 Å². The third kappa shape index (κ3) is 3.65. The standard InChI is InChI=1S/C17H26N6O2S/c1-13(2)23-16(5-7-20-23)17-15(18-8-9-19-17)11-14-6-10-22(12-14)26(24,25)21(3)4/h5,7-9,13-14H,6,10-12H2,1-4H3/t14-/m0/s1. The maximum atomic E-state index is 12.3. The van der Waals surface area contributed by atoms with E-state index in [4.69, 9.17) is 0 Å². The molecule has 0 unspecified atom stereocenters. The summed E-state index contributed by atoms with van der Waals surface area (Å²) >= 11 is 0. The van der Waals surface area contributed by atoms with Crippen molar-refractivity contribution in [2.24, 2.45) is 5.92 Å². The van der Waals surface area contributed by atoms with Crippen LogP contribution >= 0.6 is 0 Å². The van der Waals surface area contributed by atoms with E-state index in [1.54, 1.807) is 37.0 Å². The first kappa shape index (κ1) is 18.9. The van der Waals surface area contributed by atoms with Gasteiger partial charge in [0, 0.05) is 51.8 Å². The van der Waals surface area contributed by atoms with Crippen molar-refractivity contribution < 1.29 is 8.42 Å². The molecule has 1 atom stereocenters. The molecule has 0 bridgehead atoms. The van der Waals surface area contributed by atoms with E-state index in [2.05, 4.69) is 28.9 Å². The summed E-state index contributed by atoms with van der Waals surface area (Å²) in [5.41, 5.74) is 2.66. The van der Waals surface area contributed by atoms with Gasteiger partial charge in [0.15, 0.2) is 0 Å². The van der Waals surface area contributed by atoms with Gasteiger partial charge < -0.3 is 0 Å². The fraction of sp³-hybridized carbons (Fsp3) is 0.588. The first-order valence-electron chi connectivity index (χ1n) is 8.82. The van der Waals surface area contributed by atoms with Crippen LogP contribution in [0.1, 0.15) is 32.0 Å². The summed E-state index contributed by atoms with van der Waals surface area (Å²) < 4.78 is 29.4. The summed E-state index contributed by atoms with van der Waals surface area (Å²) in [6.07, 6.45) is 6.68. The molecule has 1 aliphatic heterocycles. The van der Waals surface area contributed by atoms with E-state index in [0.29, 0.717) is 19.5 Å². The van der Waals surface area contributed by atoms with Gasteiger partial charge in [0.1, 0.15) is 5.69 Å². The topological polar surface area (TPSA) is 84.2 Å². The normalized spacial score (nSPS) is 18.9. The lowest BCUT2D eigenvalue weighted by Crippen LogP contribution is -2.38. The molecule has 2 aromatic heterocycles. The quantitative estimate of drug-likeness (QED) is 0.762. The smallest absolute Gasteiger partial charge is 0.261 e. The highest BCUT2D eigenvalue weighted by atomic mass is 32.2. The molecule has 8 nitrogen and oxygen atoms in total. The maximum absolute atomic E-state index is 12.3. The van der Waals surface area contributed by atoms with Crippen molar-refractivity contribution in [3.05, 3.63) is 30.4 Å². The number of hydrogen-bond acceptors (Lipinski definition) is 5. The highest BCUT2D eigenvalue weighted by molar-refractivity contribution is 7.86. The predicted molar refractivity (Wildman–Crippen MR) is 99.6 cm³/mol. The third-order valence-corrected chi connectivity index (χ3v) is 6.60. The van der Waals surface area contributed by atoms with Crippen LogP contribution in [0.4, 0.5) is 0 Å². The van der Waals surface area contributed by atoms with Crippen molar-refractivity contribution in [1.82, 2.24) is 28.4 Å². The van der Waals surface area contributed by atoms with Gasteiger partial charge in [-0.05, 0) is 38.7 Å². The Morgan fingerprint density at radius 1 is 1.23 bits per heavy atom. The van der Waals surface area contributed by atoms with Gasteiger partial charge in [0.05, 0.1) is 11.4 Å². The summed E-state index contributed by atoms with van der Waals surface area (Å²) in [6, 6.07) is 2.17. The predicted octanol–water partition coefficient (Wildman–Crippen LogP) is 1.59. The lowest BCUT2D eigenvalue weighted by atomic mass is 10.0. The average Bonchev–Trinajstić information content (AvgIpc) is 3.24. The third-order valence-electron chi connectivity index (χ3n) is 4.69. The Bertz CT molecular complexity index is 862. The van der Waals surface area contributed by atoms with Gasteiger partial charge in [-0.25, -0.2) is 0 Å². The molecule has 1 fully saturated rings. The first-order chi connectivity index (χ1) is 12.3. The Balaban J connectivity index is 1.81. The van der Waals surface area contributed by atoms with Crippen LogP contribution < -0.4 is 0 Å². The van der Waals surface area contributed by atoms with Crippen molar-refractivity contribution in [3.63, 3.8) is 0 Å². The Morgan fingerprint density at radius 3 is 2.65 bits per heavy atom. The second kappa shape index (κ2) is 7.42. The molecule has 3 heterocycles. The van der Waals surface area contributed by atoms with Gasteiger partial charge in [-0.1, -0.05) is 0 Å². The number of nitrogens with zero attached hydrogens (tertiary/aromatic N) is 6. The fourth-order valence-corrected chi connectivity index (χ4v) is 4.52. The van der Waals surface area contributed by atoms with Crippen LogP contribution in [0.3, 0.4) is 0 Å². The Hall–Kier alpha value is -1.84. The Kier molecular flexibility index (Phi) is 5.40. The molecule has 142 valence electrons. The van der Waals surface area contributed by atoms with Crippen molar-refractivity contribution in [2.45, 2.75) is 32.7 Å². The largest absolute Gasteiger partial charge is 0.281 e. The van der Waals surface area contributed by atoms with Crippen molar-refractivity contribution in [1.29, 1.82) is 0 Å². The summed E-state index contributed by atoms with van der Waals surface area (Å²) in [5.74, 6) is 0.232. The minimum Gasteiger partial charge on any atom is -0.261 e.